The van der Waals surface area contributed by atoms with Crippen molar-refractivity contribution in [2.45, 2.75) is 12.5 Å². The maximum absolute atomic E-state index is 12.8. The molecule has 0 radical (unpaired) electrons. The number of imidazole rings is 1. The van der Waals surface area contributed by atoms with Crippen LogP contribution in [0.3, 0.4) is 0 Å². The number of nitrogens with one attached hydrogen (secondary N) is 1. The molecule has 1 saturated heterocycles. The van der Waals surface area contributed by atoms with Crippen LogP contribution in [0.25, 0.3) is 22.1 Å². The minimum atomic E-state index is 0.0519. The zero-order valence-electron chi connectivity index (χ0n) is 13.6. The Morgan fingerprint density at radius 2 is 2.08 bits per heavy atom. The first-order chi connectivity index (χ1) is 12.3. The molecule has 6 heteroatoms. The smallest absolute Gasteiger partial charge is 0.270 e. The summed E-state index contributed by atoms with van der Waals surface area (Å²) in [6.07, 6.45) is 4.52. The molecule has 3 aromatic heterocycles. The van der Waals surface area contributed by atoms with Crippen molar-refractivity contribution in [2.75, 3.05) is 13.1 Å². The van der Waals surface area contributed by atoms with Crippen molar-refractivity contribution in [3.63, 3.8) is 0 Å². The molecule has 1 amide bonds. The Bertz CT molecular complexity index is 1050. The van der Waals surface area contributed by atoms with E-state index < -0.39 is 0 Å². The lowest BCUT2D eigenvalue weighted by Gasteiger charge is -2.16. The summed E-state index contributed by atoms with van der Waals surface area (Å²) in [5, 5.41) is 1.06. The highest BCUT2D eigenvalue weighted by molar-refractivity contribution is 5.98. The minimum absolute atomic E-state index is 0.0519. The second kappa shape index (κ2) is 5.44. The number of carbonyl (C=O) groups is 1. The standard InChI is InChI=1S/C19H17N5O/c25-19(17-10-13-4-1-2-5-15(13)22-17)23-9-7-14(11-23)24-12-21-16-6-3-8-20-18(16)24/h1-6,8,10,12,14,22H,7,9,11H2/t14-/m1/s1. The molecule has 25 heavy (non-hydrogen) atoms. The van der Waals surface area contributed by atoms with E-state index in [9.17, 15) is 4.79 Å². The van der Waals surface area contributed by atoms with Crippen LogP contribution in [0.15, 0.2) is 55.0 Å². The highest BCUT2D eigenvalue weighted by Crippen LogP contribution is 2.26. The van der Waals surface area contributed by atoms with E-state index in [-0.39, 0.29) is 11.9 Å². The molecule has 4 heterocycles. The Morgan fingerprint density at radius 1 is 1.16 bits per heavy atom. The number of carbonyl (C=O) groups excluding carboxylic acids is 1. The fraction of sp³-hybridized carbons (Fsp3) is 0.211. The molecule has 1 aliphatic heterocycles. The van der Waals surface area contributed by atoms with Crippen LogP contribution < -0.4 is 0 Å². The molecule has 4 aromatic rings. The van der Waals surface area contributed by atoms with E-state index in [1.165, 1.54) is 0 Å². The lowest BCUT2D eigenvalue weighted by Crippen LogP contribution is -2.29. The van der Waals surface area contributed by atoms with E-state index in [1.807, 2.05) is 53.7 Å². The zero-order chi connectivity index (χ0) is 16.8. The predicted octanol–water partition coefficient (Wildman–Crippen LogP) is 3.00. The highest BCUT2D eigenvalue weighted by Gasteiger charge is 2.29. The molecule has 5 rings (SSSR count). The van der Waals surface area contributed by atoms with Crippen LogP contribution in [0.5, 0.6) is 0 Å². The maximum Gasteiger partial charge on any atom is 0.270 e. The van der Waals surface area contributed by atoms with Crippen molar-refractivity contribution in [1.82, 2.24) is 24.4 Å². The lowest BCUT2D eigenvalue weighted by atomic mass is 10.2. The van der Waals surface area contributed by atoms with Gasteiger partial charge < -0.3 is 14.5 Å². The van der Waals surface area contributed by atoms with Crippen LogP contribution in [-0.2, 0) is 0 Å². The summed E-state index contributed by atoms with van der Waals surface area (Å²) in [4.78, 5) is 26.8. The number of fused-ring (bicyclic) bond motifs is 2. The van der Waals surface area contributed by atoms with Gasteiger partial charge in [-0.1, -0.05) is 18.2 Å². The summed E-state index contributed by atoms with van der Waals surface area (Å²) in [5.74, 6) is 0.0519. The number of amides is 1. The second-order valence-electron chi connectivity index (χ2n) is 6.46. The lowest BCUT2D eigenvalue weighted by molar-refractivity contribution is 0.0783. The Balaban J connectivity index is 1.40. The van der Waals surface area contributed by atoms with Crippen molar-refractivity contribution < 1.29 is 4.79 Å². The van der Waals surface area contributed by atoms with E-state index in [2.05, 4.69) is 19.5 Å². The Morgan fingerprint density at radius 3 is 3.00 bits per heavy atom. The summed E-state index contributed by atoms with van der Waals surface area (Å²) >= 11 is 0. The van der Waals surface area contributed by atoms with Gasteiger partial charge in [-0.15, -0.1) is 0 Å². The second-order valence-corrected chi connectivity index (χ2v) is 6.46. The summed E-state index contributed by atoms with van der Waals surface area (Å²) in [6.45, 7) is 1.42. The van der Waals surface area contributed by atoms with Gasteiger partial charge in [-0.25, -0.2) is 9.97 Å². The molecule has 0 saturated carbocycles. The van der Waals surface area contributed by atoms with Crippen LogP contribution in [0.2, 0.25) is 0 Å². The number of para-hydroxylation sites is 1. The number of pyridine rings is 1. The van der Waals surface area contributed by atoms with Crippen molar-refractivity contribution in [1.29, 1.82) is 0 Å². The molecule has 1 N–H and O–H groups in total. The average molecular weight is 331 g/mol. The molecule has 0 spiro atoms. The van der Waals surface area contributed by atoms with Gasteiger partial charge in [-0.05, 0) is 30.7 Å². The third-order valence-corrected chi connectivity index (χ3v) is 4.94. The van der Waals surface area contributed by atoms with E-state index in [4.69, 9.17) is 0 Å². The molecule has 0 aliphatic carbocycles. The molecule has 1 atom stereocenters. The Kier molecular flexibility index (Phi) is 3.09. The van der Waals surface area contributed by atoms with E-state index in [0.29, 0.717) is 12.2 Å². The van der Waals surface area contributed by atoms with Crippen LogP contribution in [-0.4, -0.2) is 43.4 Å². The maximum atomic E-state index is 12.8. The third-order valence-electron chi connectivity index (χ3n) is 4.94. The van der Waals surface area contributed by atoms with E-state index >= 15 is 0 Å². The molecular formula is C19H17N5O. The van der Waals surface area contributed by atoms with Crippen LogP contribution in [0, 0.1) is 0 Å². The van der Waals surface area contributed by atoms with Crippen LogP contribution in [0.1, 0.15) is 23.0 Å². The average Bonchev–Trinajstić information content (AvgIpc) is 3.37. The van der Waals surface area contributed by atoms with Gasteiger partial charge in [0.25, 0.3) is 5.91 Å². The predicted molar refractivity (Wildman–Crippen MR) is 95.4 cm³/mol. The number of hydrogen-bond donors (Lipinski definition) is 1. The fourth-order valence-corrected chi connectivity index (χ4v) is 3.65. The van der Waals surface area contributed by atoms with Crippen LogP contribution >= 0.6 is 0 Å². The SMILES string of the molecule is O=C(c1cc2ccccc2[nH]1)N1CC[C@@H](n2cnc3cccnc32)C1. The molecular weight excluding hydrogens is 314 g/mol. The minimum Gasteiger partial charge on any atom is -0.351 e. The van der Waals surface area contributed by atoms with Gasteiger partial charge in [0.2, 0.25) is 0 Å². The fourth-order valence-electron chi connectivity index (χ4n) is 3.65. The molecule has 124 valence electrons. The summed E-state index contributed by atoms with van der Waals surface area (Å²) in [5.41, 5.74) is 3.41. The zero-order valence-corrected chi connectivity index (χ0v) is 13.6. The van der Waals surface area contributed by atoms with Gasteiger partial charge in [-0.3, -0.25) is 4.79 Å². The molecule has 0 unspecified atom stereocenters. The van der Waals surface area contributed by atoms with Gasteiger partial charge in [0.05, 0.1) is 12.4 Å². The van der Waals surface area contributed by atoms with Crippen molar-refractivity contribution in [2.24, 2.45) is 0 Å². The third kappa shape index (κ3) is 2.29. The van der Waals surface area contributed by atoms with Gasteiger partial charge in [0, 0.05) is 30.2 Å². The number of H-pyrrole nitrogens is 1. The van der Waals surface area contributed by atoms with Crippen molar-refractivity contribution in [3.8, 4) is 0 Å². The number of nitrogens with zero attached hydrogens (tertiary/aromatic N) is 4. The molecule has 1 fully saturated rings. The summed E-state index contributed by atoms with van der Waals surface area (Å²) in [7, 11) is 0. The largest absolute Gasteiger partial charge is 0.351 e. The van der Waals surface area contributed by atoms with E-state index in [1.54, 1.807) is 6.20 Å². The van der Waals surface area contributed by atoms with Gasteiger partial charge in [-0.2, -0.15) is 0 Å². The summed E-state index contributed by atoms with van der Waals surface area (Å²) < 4.78 is 2.09. The van der Waals surface area contributed by atoms with E-state index in [0.717, 1.165) is 35.0 Å². The number of likely N-dealkylation sites (tertiary alicyclic amines) is 1. The monoisotopic (exact) mass is 331 g/mol. The van der Waals surface area contributed by atoms with Crippen molar-refractivity contribution in [3.05, 3.63) is 60.7 Å². The molecule has 0 bridgehead atoms. The first-order valence-corrected chi connectivity index (χ1v) is 8.44. The van der Waals surface area contributed by atoms with Gasteiger partial charge in [0.15, 0.2) is 5.65 Å². The number of hydrogen-bond acceptors (Lipinski definition) is 3. The first-order valence-electron chi connectivity index (χ1n) is 8.44. The highest BCUT2D eigenvalue weighted by atomic mass is 16.2. The molecule has 6 nitrogen and oxygen atoms in total. The number of aromatic nitrogens is 4. The quantitative estimate of drug-likeness (QED) is 0.614. The van der Waals surface area contributed by atoms with Gasteiger partial charge in [0.1, 0.15) is 11.2 Å². The van der Waals surface area contributed by atoms with Crippen molar-refractivity contribution >= 4 is 28.0 Å². The number of benzene rings is 1. The number of rotatable bonds is 2. The number of aromatic amines is 1. The van der Waals surface area contributed by atoms with Gasteiger partial charge >= 0.3 is 0 Å². The van der Waals surface area contributed by atoms with Crippen LogP contribution in [0.4, 0.5) is 0 Å². The normalized spacial score (nSPS) is 17.6. The molecule has 1 aliphatic rings. The Labute approximate surface area is 144 Å². The molecule has 1 aromatic carbocycles. The topological polar surface area (TPSA) is 66.8 Å². The first kappa shape index (κ1) is 14.2. The Hall–Kier alpha value is -3.15. The summed E-state index contributed by atoms with van der Waals surface area (Å²) in [6, 6.07) is 13.9.